The normalized spacial score (nSPS) is 22.3. The summed E-state index contributed by atoms with van der Waals surface area (Å²) in [5.74, 6) is -0.764. The van der Waals surface area contributed by atoms with E-state index in [1.54, 1.807) is 31.2 Å². The molecule has 1 unspecified atom stereocenters. The fraction of sp³-hybridized carbons (Fsp3) is 0.741. The number of carbonyl (C=O) groups excluding carboxylic acids is 1. The first-order valence-electron chi connectivity index (χ1n) is 13.4. The maximum absolute atomic E-state index is 15.1. The summed E-state index contributed by atoms with van der Waals surface area (Å²) in [7, 11) is 3.44. The molecule has 1 heterocycles. The summed E-state index contributed by atoms with van der Waals surface area (Å²) in [4.78, 5) is 15.0. The van der Waals surface area contributed by atoms with Crippen molar-refractivity contribution in [1.29, 1.82) is 0 Å². The van der Waals surface area contributed by atoms with Gasteiger partial charge in [-0.1, -0.05) is 36.6 Å². The van der Waals surface area contributed by atoms with Gasteiger partial charge in [0.1, 0.15) is 5.82 Å². The lowest BCUT2D eigenvalue weighted by atomic mass is 9.74. The summed E-state index contributed by atoms with van der Waals surface area (Å²) in [5, 5.41) is 29.0. The molecule has 7 nitrogen and oxygen atoms in total. The van der Waals surface area contributed by atoms with Crippen molar-refractivity contribution in [1.82, 2.24) is 15.5 Å². The van der Waals surface area contributed by atoms with Gasteiger partial charge in [0.25, 0.3) is 0 Å². The molecule has 1 saturated heterocycles. The molecule has 36 heavy (non-hydrogen) atoms. The standard InChI is InChI=1S/C27H43ClFN3O4/c1-30-17-23(25(33)19-9-3-4-10-19)31-26(34)32-15-8-11-20(18-32)27(35,14-5-6-16-36-2)21-12-7-13-22(28)24(21)29/h7,12-13,19-20,23,25,30,33,35H,3-6,8-11,14-18H2,1-2H3,(H,31,34)/t20?,23-,25+,27+/m1/s1. The molecule has 1 aromatic rings. The number of halogens is 2. The van der Waals surface area contributed by atoms with Gasteiger partial charge in [-0.05, 0) is 64.0 Å². The minimum absolute atomic E-state index is 0.0240. The number of nitrogens with zero attached hydrogens (tertiary/aromatic N) is 1. The molecule has 4 N–H and O–H groups in total. The molecule has 1 saturated carbocycles. The second-order valence-electron chi connectivity index (χ2n) is 10.4. The van der Waals surface area contributed by atoms with E-state index in [2.05, 4.69) is 10.6 Å². The van der Waals surface area contributed by atoms with E-state index < -0.39 is 23.6 Å². The van der Waals surface area contributed by atoms with E-state index >= 15 is 4.39 Å². The lowest BCUT2D eigenvalue weighted by Gasteiger charge is -2.43. The van der Waals surface area contributed by atoms with E-state index in [1.165, 1.54) is 6.07 Å². The van der Waals surface area contributed by atoms with Gasteiger partial charge >= 0.3 is 6.03 Å². The highest BCUT2D eigenvalue weighted by molar-refractivity contribution is 6.30. The van der Waals surface area contributed by atoms with Crippen molar-refractivity contribution < 1.29 is 24.1 Å². The molecule has 1 aliphatic carbocycles. The first kappa shape index (κ1) is 29.1. The smallest absolute Gasteiger partial charge is 0.317 e. The van der Waals surface area contributed by atoms with Crippen molar-refractivity contribution >= 4 is 17.6 Å². The number of likely N-dealkylation sites (tertiary alicyclic amines) is 1. The molecule has 0 spiro atoms. The molecule has 9 heteroatoms. The SMILES string of the molecule is CNC[C@@H](NC(=O)N1CCCC([C@@](O)(CCCCOC)c2cccc(Cl)c2F)C1)[C@@H](O)C1CCCC1. The lowest BCUT2D eigenvalue weighted by molar-refractivity contribution is -0.0590. The molecular weight excluding hydrogens is 485 g/mol. The molecule has 204 valence electrons. The van der Waals surface area contributed by atoms with Gasteiger partial charge < -0.3 is 30.5 Å². The third kappa shape index (κ3) is 7.10. The fourth-order valence-electron chi connectivity index (χ4n) is 5.94. The number of nitrogens with one attached hydrogen (secondary N) is 2. The van der Waals surface area contributed by atoms with Crippen LogP contribution in [0.1, 0.15) is 63.4 Å². The summed E-state index contributed by atoms with van der Waals surface area (Å²) in [6.45, 7) is 1.87. The number of rotatable bonds is 12. The zero-order valence-corrected chi connectivity index (χ0v) is 22.4. The lowest BCUT2D eigenvalue weighted by Crippen LogP contribution is -2.57. The maximum atomic E-state index is 15.1. The van der Waals surface area contributed by atoms with Crippen LogP contribution < -0.4 is 10.6 Å². The van der Waals surface area contributed by atoms with Gasteiger partial charge in [-0.15, -0.1) is 0 Å². The Morgan fingerprint density at radius 3 is 2.72 bits per heavy atom. The highest BCUT2D eigenvalue weighted by atomic mass is 35.5. The number of aliphatic hydroxyl groups is 2. The topological polar surface area (TPSA) is 94.1 Å². The first-order chi connectivity index (χ1) is 17.3. The van der Waals surface area contributed by atoms with Gasteiger partial charge in [0, 0.05) is 44.8 Å². The van der Waals surface area contributed by atoms with Crippen LogP contribution in [0.5, 0.6) is 0 Å². The number of carbonyl (C=O) groups is 1. The Balaban J connectivity index is 1.75. The minimum Gasteiger partial charge on any atom is -0.391 e. The number of piperidine rings is 1. The average Bonchev–Trinajstić information content (AvgIpc) is 3.42. The second-order valence-corrected chi connectivity index (χ2v) is 10.8. The zero-order valence-electron chi connectivity index (χ0n) is 21.6. The summed E-state index contributed by atoms with van der Waals surface area (Å²) in [6, 6.07) is 4.07. The number of aliphatic hydroxyl groups excluding tert-OH is 1. The Morgan fingerprint density at radius 2 is 2.03 bits per heavy atom. The summed E-state index contributed by atoms with van der Waals surface area (Å²) in [5.41, 5.74) is -1.28. The number of amides is 2. The molecule has 0 aromatic heterocycles. The third-order valence-electron chi connectivity index (χ3n) is 7.99. The van der Waals surface area contributed by atoms with Gasteiger partial charge in [-0.25, -0.2) is 9.18 Å². The van der Waals surface area contributed by atoms with Crippen molar-refractivity contribution in [2.45, 2.75) is 75.5 Å². The molecule has 3 rings (SSSR count). The third-order valence-corrected chi connectivity index (χ3v) is 8.28. The highest BCUT2D eigenvalue weighted by Crippen LogP contribution is 2.42. The number of hydrogen-bond donors (Lipinski definition) is 4. The van der Waals surface area contributed by atoms with Gasteiger partial charge in [-0.2, -0.15) is 0 Å². The highest BCUT2D eigenvalue weighted by Gasteiger charge is 2.43. The van der Waals surface area contributed by atoms with E-state index in [-0.39, 0.29) is 28.5 Å². The predicted molar refractivity (Wildman–Crippen MR) is 140 cm³/mol. The molecule has 4 atom stereocenters. The molecule has 2 fully saturated rings. The molecular formula is C27H43ClFN3O4. The Hall–Kier alpha value is -1.45. The van der Waals surface area contributed by atoms with Crippen LogP contribution in [0.25, 0.3) is 0 Å². The van der Waals surface area contributed by atoms with Crippen molar-refractivity contribution in [3.63, 3.8) is 0 Å². The molecule has 1 aromatic carbocycles. The Kier molecular flexibility index (Phi) is 11.2. The molecule has 2 amide bonds. The van der Waals surface area contributed by atoms with Crippen LogP contribution in [0.15, 0.2) is 18.2 Å². The first-order valence-corrected chi connectivity index (χ1v) is 13.7. The number of hydrogen-bond acceptors (Lipinski definition) is 5. The van der Waals surface area contributed by atoms with Crippen LogP contribution >= 0.6 is 11.6 Å². The van der Waals surface area contributed by atoms with Crippen molar-refractivity contribution in [2.75, 3.05) is 40.4 Å². The van der Waals surface area contributed by atoms with E-state index in [9.17, 15) is 15.0 Å². The van der Waals surface area contributed by atoms with Crippen LogP contribution in [0.2, 0.25) is 5.02 Å². The number of ether oxygens (including phenoxy) is 1. The van der Waals surface area contributed by atoms with Crippen molar-refractivity contribution in [3.05, 3.63) is 34.6 Å². The number of methoxy groups -OCH3 is 1. The molecule has 2 aliphatic rings. The Bertz CT molecular complexity index is 841. The molecule has 0 radical (unpaired) electrons. The van der Waals surface area contributed by atoms with Gasteiger partial charge in [0.05, 0.1) is 22.8 Å². The van der Waals surface area contributed by atoms with Crippen molar-refractivity contribution in [3.8, 4) is 0 Å². The van der Waals surface area contributed by atoms with Crippen LogP contribution in [0, 0.1) is 17.7 Å². The Morgan fingerprint density at radius 1 is 1.28 bits per heavy atom. The van der Waals surface area contributed by atoms with E-state index in [0.29, 0.717) is 51.9 Å². The van der Waals surface area contributed by atoms with Gasteiger partial charge in [0.15, 0.2) is 0 Å². The number of benzene rings is 1. The zero-order chi connectivity index (χ0) is 26.1. The van der Waals surface area contributed by atoms with Crippen molar-refractivity contribution in [2.24, 2.45) is 11.8 Å². The largest absolute Gasteiger partial charge is 0.391 e. The molecule has 1 aliphatic heterocycles. The van der Waals surface area contributed by atoms with Crippen LogP contribution in [-0.2, 0) is 10.3 Å². The number of urea groups is 1. The monoisotopic (exact) mass is 527 g/mol. The van der Waals surface area contributed by atoms with Gasteiger partial charge in [0.2, 0.25) is 0 Å². The average molecular weight is 528 g/mol. The summed E-state index contributed by atoms with van der Waals surface area (Å²) >= 11 is 6.08. The second kappa shape index (κ2) is 13.9. The van der Waals surface area contributed by atoms with E-state index in [0.717, 1.165) is 32.1 Å². The number of likely N-dealkylation sites (N-methyl/N-ethyl adjacent to an activating group) is 1. The summed E-state index contributed by atoms with van der Waals surface area (Å²) in [6.07, 6.45) is 6.66. The van der Waals surface area contributed by atoms with E-state index in [4.69, 9.17) is 16.3 Å². The minimum atomic E-state index is -1.46. The predicted octanol–water partition coefficient (Wildman–Crippen LogP) is 4.04. The molecule has 0 bridgehead atoms. The van der Waals surface area contributed by atoms with E-state index in [1.807, 2.05) is 0 Å². The quantitative estimate of drug-likeness (QED) is 0.308. The Labute approximate surface area is 219 Å². The fourth-order valence-corrected chi connectivity index (χ4v) is 6.12. The van der Waals surface area contributed by atoms with Crippen LogP contribution in [0.4, 0.5) is 9.18 Å². The van der Waals surface area contributed by atoms with Crippen LogP contribution in [-0.4, -0.2) is 73.7 Å². The maximum Gasteiger partial charge on any atom is 0.317 e. The summed E-state index contributed by atoms with van der Waals surface area (Å²) < 4.78 is 20.3. The van der Waals surface area contributed by atoms with Crippen LogP contribution in [0.3, 0.4) is 0 Å². The van der Waals surface area contributed by atoms with Gasteiger partial charge in [-0.3, -0.25) is 0 Å². The number of unbranched alkanes of at least 4 members (excludes halogenated alkanes) is 1.